The molecule has 3 heteroatoms. The first-order valence-corrected chi connectivity index (χ1v) is 6.99. The number of hydrogen-bond acceptors (Lipinski definition) is 3. The van der Waals surface area contributed by atoms with Gasteiger partial charge in [0.2, 0.25) is 6.79 Å². The van der Waals surface area contributed by atoms with Crippen molar-refractivity contribution < 1.29 is 9.47 Å². The Morgan fingerprint density at radius 3 is 2.67 bits per heavy atom. The van der Waals surface area contributed by atoms with Gasteiger partial charge in [0.05, 0.1) is 0 Å². The number of nitrogens with one attached hydrogen (secondary N) is 1. The van der Waals surface area contributed by atoms with Gasteiger partial charge in [0.15, 0.2) is 11.5 Å². The summed E-state index contributed by atoms with van der Waals surface area (Å²) in [6.45, 7) is 3.55. The smallest absolute Gasteiger partial charge is 0.231 e. The number of fused-ring (bicyclic) bond motifs is 1. The standard InChI is InChI=1S/C15H21NO2/c1-2-16-15(8-4-3-5-9-15)12-6-7-13-14(10-12)18-11-17-13/h6-7,10,16H,2-5,8-9,11H2,1H3. The zero-order valence-corrected chi connectivity index (χ0v) is 11.0. The Kier molecular flexibility index (Phi) is 3.16. The first kappa shape index (κ1) is 11.8. The quantitative estimate of drug-likeness (QED) is 0.889. The van der Waals surface area contributed by atoms with Crippen molar-refractivity contribution in [3.8, 4) is 11.5 Å². The monoisotopic (exact) mass is 247 g/mol. The van der Waals surface area contributed by atoms with Crippen LogP contribution in [-0.4, -0.2) is 13.3 Å². The van der Waals surface area contributed by atoms with Gasteiger partial charge in [-0.3, -0.25) is 0 Å². The van der Waals surface area contributed by atoms with Crippen LogP contribution in [0.1, 0.15) is 44.6 Å². The van der Waals surface area contributed by atoms with Gasteiger partial charge in [-0.25, -0.2) is 0 Å². The summed E-state index contributed by atoms with van der Waals surface area (Å²) in [4.78, 5) is 0. The van der Waals surface area contributed by atoms with E-state index >= 15 is 0 Å². The highest BCUT2D eigenvalue weighted by Crippen LogP contribution is 2.41. The normalized spacial score (nSPS) is 20.9. The molecule has 0 amide bonds. The molecule has 0 bridgehead atoms. The highest BCUT2D eigenvalue weighted by atomic mass is 16.7. The molecule has 1 aliphatic carbocycles. The number of rotatable bonds is 3. The van der Waals surface area contributed by atoms with Gasteiger partial charge < -0.3 is 14.8 Å². The highest BCUT2D eigenvalue weighted by Gasteiger charge is 2.33. The number of benzene rings is 1. The largest absolute Gasteiger partial charge is 0.454 e. The van der Waals surface area contributed by atoms with Crippen molar-refractivity contribution in [2.75, 3.05) is 13.3 Å². The van der Waals surface area contributed by atoms with Crippen LogP contribution in [0.4, 0.5) is 0 Å². The van der Waals surface area contributed by atoms with Crippen LogP contribution >= 0.6 is 0 Å². The van der Waals surface area contributed by atoms with Crippen LogP contribution in [0.2, 0.25) is 0 Å². The van der Waals surface area contributed by atoms with Gasteiger partial charge in [0, 0.05) is 5.54 Å². The Bertz CT molecular complexity index is 419. The van der Waals surface area contributed by atoms with E-state index in [1.165, 1.54) is 37.7 Å². The van der Waals surface area contributed by atoms with Crippen molar-refractivity contribution in [1.82, 2.24) is 5.32 Å². The van der Waals surface area contributed by atoms with Crippen LogP contribution in [0.3, 0.4) is 0 Å². The van der Waals surface area contributed by atoms with E-state index in [-0.39, 0.29) is 5.54 Å². The Balaban J connectivity index is 1.94. The second-order valence-corrected chi connectivity index (χ2v) is 5.24. The lowest BCUT2D eigenvalue weighted by molar-refractivity contribution is 0.173. The lowest BCUT2D eigenvalue weighted by Gasteiger charge is -2.38. The average molecular weight is 247 g/mol. The lowest BCUT2D eigenvalue weighted by Crippen LogP contribution is -2.43. The Morgan fingerprint density at radius 2 is 1.89 bits per heavy atom. The fourth-order valence-corrected chi connectivity index (χ4v) is 3.26. The summed E-state index contributed by atoms with van der Waals surface area (Å²) in [6.07, 6.45) is 6.42. The van der Waals surface area contributed by atoms with E-state index in [9.17, 15) is 0 Å². The van der Waals surface area contributed by atoms with Gasteiger partial charge >= 0.3 is 0 Å². The van der Waals surface area contributed by atoms with E-state index in [1.54, 1.807) is 0 Å². The third-order valence-corrected chi connectivity index (χ3v) is 4.15. The first-order chi connectivity index (χ1) is 8.84. The maximum absolute atomic E-state index is 5.50. The molecule has 1 fully saturated rings. The predicted molar refractivity (Wildman–Crippen MR) is 71.0 cm³/mol. The topological polar surface area (TPSA) is 30.5 Å². The van der Waals surface area contributed by atoms with E-state index < -0.39 is 0 Å². The molecule has 1 aliphatic heterocycles. The SMILES string of the molecule is CCNC1(c2ccc3c(c2)OCO3)CCCCC1. The van der Waals surface area contributed by atoms with Crippen molar-refractivity contribution in [3.05, 3.63) is 23.8 Å². The van der Waals surface area contributed by atoms with Crippen LogP contribution in [-0.2, 0) is 5.54 Å². The molecule has 0 aromatic heterocycles. The van der Waals surface area contributed by atoms with Crippen molar-refractivity contribution >= 4 is 0 Å². The zero-order valence-electron chi connectivity index (χ0n) is 11.0. The summed E-state index contributed by atoms with van der Waals surface area (Å²) >= 11 is 0. The van der Waals surface area contributed by atoms with Gasteiger partial charge in [-0.15, -0.1) is 0 Å². The van der Waals surface area contributed by atoms with Gasteiger partial charge in [0.1, 0.15) is 0 Å². The summed E-state index contributed by atoms with van der Waals surface area (Å²) in [6, 6.07) is 6.41. The number of hydrogen-bond donors (Lipinski definition) is 1. The van der Waals surface area contributed by atoms with E-state index in [1.807, 2.05) is 6.07 Å². The molecule has 3 nitrogen and oxygen atoms in total. The fourth-order valence-electron chi connectivity index (χ4n) is 3.26. The van der Waals surface area contributed by atoms with E-state index in [0.29, 0.717) is 6.79 Å². The summed E-state index contributed by atoms with van der Waals surface area (Å²) in [7, 11) is 0. The Hall–Kier alpha value is -1.22. The molecule has 0 spiro atoms. The minimum Gasteiger partial charge on any atom is -0.454 e. The van der Waals surface area contributed by atoms with Crippen molar-refractivity contribution in [2.24, 2.45) is 0 Å². The molecule has 98 valence electrons. The number of ether oxygens (including phenoxy) is 2. The second-order valence-electron chi connectivity index (χ2n) is 5.24. The van der Waals surface area contributed by atoms with Gasteiger partial charge in [-0.2, -0.15) is 0 Å². The van der Waals surface area contributed by atoms with Gasteiger partial charge in [0.25, 0.3) is 0 Å². The van der Waals surface area contributed by atoms with Gasteiger partial charge in [-0.05, 0) is 37.1 Å². The first-order valence-electron chi connectivity index (χ1n) is 6.99. The molecule has 0 atom stereocenters. The average Bonchev–Trinajstić information content (AvgIpc) is 2.87. The zero-order chi connectivity index (χ0) is 12.4. The molecule has 0 radical (unpaired) electrons. The van der Waals surface area contributed by atoms with Gasteiger partial charge in [-0.1, -0.05) is 32.3 Å². The molecule has 18 heavy (non-hydrogen) atoms. The van der Waals surface area contributed by atoms with Crippen LogP contribution in [0.5, 0.6) is 11.5 Å². The molecule has 1 aromatic rings. The fraction of sp³-hybridized carbons (Fsp3) is 0.600. The molecule has 1 N–H and O–H groups in total. The summed E-state index contributed by atoms with van der Waals surface area (Å²) in [5.41, 5.74) is 1.50. The van der Waals surface area contributed by atoms with Crippen LogP contribution in [0.15, 0.2) is 18.2 Å². The molecule has 3 rings (SSSR count). The molecular weight excluding hydrogens is 226 g/mol. The Labute approximate surface area is 108 Å². The lowest BCUT2D eigenvalue weighted by atomic mass is 9.76. The summed E-state index contributed by atoms with van der Waals surface area (Å²) < 4.78 is 10.9. The molecule has 1 aromatic carbocycles. The van der Waals surface area contributed by atoms with E-state index in [0.717, 1.165) is 18.0 Å². The second kappa shape index (κ2) is 4.81. The predicted octanol–water partition coefficient (Wildman–Crippen LogP) is 3.18. The highest BCUT2D eigenvalue weighted by molar-refractivity contribution is 5.46. The molecule has 1 saturated carbocycles. The van der Waals surface area contributed by atoms with Crippen LogP contribution < -0.4 is 14.8 Å². The summed E-state index contributed by atoms with van der Waals surface area (Å²) in [5.74, 6) is 1.77. The van der Waals surface area contributed by atoms with E-state index in [2.05, 4.69) is 24.4 Å². The van der Waals surface area contributed by atoms with Crippen molar-refractivity contribution in [2.45, 2.75) is 44.6 Å². The molecule has 1 heterocycles. The minimum absolute atomic E-state index is 0.147. The minimum atomic E-state index is 0.147. The molecule has 0 unspecified atom stereocenters. The van der Waals surface area contributed by atoms with Crippen LogP contribution in [0, 0.1) is 0 Å². The third-order valence-electron chi connectivity index (χ3n) is 4.15. The maximum Gasteiger partial charge on any atom is 0.231 e. The Morgan fingerprint density at radius 1 is 1.11 bits per heavy atom. The third kappa shape index (κ3) is 1.97. The molecule has 0 saturated heterocycles. The molecule has 2 aliphatic rings. The van der Waals surface area contributed by atoms with Crippen LogP contribution in [0.25, 0.3) is 0 Å². The summed E-state index contributed by atoms with van der Waals surface area (Å²) in [5, 5.41) is 3.71. The maximum atomic E-state index is 5.50. The van der Waals surface area contributed by atoms with Crippen molar-refractivity contribution in [1.29, 1.82) is 0 Å². The van der Waals surface area contributed by atoms with Crippen molar-refractivity contribution in [3.63, 3.8) is 0 Å². The van der Waals surface area contributed by atoms with E-state index in [4.69, 9.17) is 9.47 Å². The molecular formula is C15H21NO2.